The van der Waals surface area contributed by atoms with Crippen LogP contribution in [0.15, 0.2) is 45.4 Å². The number of halogens is 2. The first-order chi connectivity index (χ1) is 20.3. The Labute approximate surface area is 239 Å². The minimum absolute atomic E-state index is 0.0673. The van der Waals surface area contributed by atoms with Gasteiger partial charge in [0.15, 0.2) is 11.4 Å². The first-order valence-corrected chi connectivity index (χ1v) is 13.4. The van der Waals surface area contributed by atoms with E-state index in [9.17, 15) is 14.0 Å². The molecule has 0 unspecified atom stereocenters. The number of methoxy groups -OCH3 is 2. The molecule has 0 saturated carbocycles. The Hall–Kier alpha value is -4.52. The van der Waals surface area contributed by atoms with Crippen LogP contribution < -0.4 is 10.1 Å². The third-order valence-electron chi connectivity index (χ3n) is 6.99. The summed E-state index contributed by atoms with van der Waals surface area (Å²) in [6, 6.07) is 6.23. The molecule has 4 aromatic rings. The van der Waals surface area contributed by atoms with E-state index in [0.717, 1.165) is 0 Å². The second-order valence-electron chi connectivity index (χ2n) is 9.61. The maximum absolute atomic E-state index is 15.6. The summed E-state index contributed by atoms with van der Waals surface area (Å²) in [5.41, 5.74) is 0.440. The lowest BCUT2D eigenvalue weighted by Crippen LogP contribution is -2.35. The second kappa shape index (κ2) is 12.6. The SMILES string of the molecule is CCO[C@H]1CCN(C(=O)Cc2ccc3nc(Nc4cc(F)ccc4OC)oc3c2F)[C@@H]1c1ncc(CCC(=O)OC)o1. The highest BCUT2D eigenvalue weighted by molar-refractivity contribution is 5.83. The molecule has 3 heterocycles. The normalized spacial score (nSPS) is 16.6. The maximum Gasteiger partial charge on any atom is 0.305 e. The van der Waals surface area contributed by atoms with Crippen molar-refractivity contribution in [3.63, 3.8) is 0 Å². The summed E-state index contributed by atoms with van der Waals surface area (Å²) in [5, 5.41) is 2.81. The largest absolute Gasteiger partial charge is 0.495 e. The monoisotopic (exact) mass is 584 g/mol. The van der Waals surface area contributed by atoms with Crippen molar-refractivity contribution < 1.29 is 41.4 Å². The minimum atomic E-state index is -0.731. The van der Waals surface area contributed by atoms with Gasteiger partial charge < -0.3 is 33.3 Å². The average Bonchev–Trinajstić information content (AvgIpc) is 3.72. The molecular formula is C29H30F2N4O7. The highest BCUT2D eigenvalue weighted by atomic mass is 19.1. The Bertz CT molecular complexity index is 1590. The predicted octanol–water partition coefficient (Wildman–Crippen LogP) is 4.87. The molecule has 11 nitrogen and oxygen atoms in total. The van der Waals surface area contributed by atoms with Crippen LogP contribution >= 0.6 is 0 Å². The molecule has 1 aliphatic heterocycles. The third kappa shape index (κ3) is 6.05. The summed E-state index contributed by atoms with van der Waals surface area (Å²) < 4.78 is 56.6. The van der Waals surface area contributed by atoms with Gasteiger partial charge in [0.05, 0.1) is 45.0 Å². The topological polar surface area (TPSA) is 129 Å². The van der Waals surface area contributed by atoms with Gasteiger partial charge in [-0.05, 0) is 31.5 Å². The highest BCUT2D eigenvalue weighted by Crippen LogP contribution is 2.36. The molecule has 0 aliphatic carbocycles. The number of fused-ring (bicyclic) bond motifs is 1. The van der Waals surface area contributed by atoms with E-state index in [1.165, 1.54) is 44.7 Å². The Morgan fingerprint density at radius 2 is 2.00 bits per heavy atom. The molecule has 2 aromatic heterocycles. The van der Waals surface area contributed by atoms with Gasteiger partial charge in [0.25, 0.3) is 6.01 Å². The lowest BCUT2D eigenvalue weighted by atomic mass is 10.1. The lowest BCUT2D eigenvalue weighted by molar-refractivity contribution is -0.140. The number of aromatic nitrogens is 2. The van der Waals surface area contributed by atoms with Crippen molar-refractivity contribution in [2.24, 2.45) is 0 Å². The standard InChI is InChI=1S/C29H30F2N4O7/c1-4-40-22-11-12-35(26(22)28-32-15-18(41-28)7-10-24(37)39-3)23(36)13-16-5-8-19-27(25(16)31)42-29(33-19)34-20-14-17(30)6-9-21(20)38-2/h5-6,8-9,14-15,22,26H,4,7,10-13H2,1-3H3,(H,33,34)/t22-,26-/m0/s1. The van der Waals surface area contributed by atoms with Crippen LogP contribution in [0.3, 0.4) is 0 Å². The van der Waals surface area contributed by atoms with Gasteiger partial charge >= 0.3 is 5.97 Å². The first kappa shape index (κ1) is 29.0. The number of anilines is 2. The predicted molar refractivity (Wildman–Crippen MR) is 145 cm³/mol. The molecule has 2 atom stereocenters. The molecule has 0 spiro atoms. The van der Waals surface area contributed by atoms with Crippen LogP contribution in [-0.2, 0) is 31.9 Å². The molecule has 1 N–H and O–H groups in total. The number of carbonyl (C=O) groups excluding carboxylic acids is 2. The molecule has 1 amide bonds. The second-order valence-corrected chi connectivity index (χ2v) is 9.61. The number of nitrogens with zero attached hydrogens (tertiary/aromatic N) is 3. The molecule has 42 heavy (non-hydrogen) atoms. The molecule has 13 heteroatoms. The Morgan fingerprint density at radius 3 is 2.76 bits per heavy atom. The number of hydrogen-bond acceptors (Lipinski definition) is 10. The lowest BCUT2D eigenvalue weighted by Gasteiger charge is -2.25. The van der Waals surface area contributed by atoms with E-state index < -0.39 is 17.7 Å². The first-order valence-electron chi connectivity index (χ1n) is 13.4. The van der Waals surface area contributed by atoms with Gasteiger partial charge in [-0.1, -0.05) is 6.07 Å². The van der Waals surface area contributed by atoms with E-state index in [1.807, 2.05) is 6.92 Å². The van der Waals surface area contributed by atoms with Crippen molar-refractivity contribution in [1.29, 1.82) is 0 Å². The fourth-order valence-corrected chi connectivity index (χ4v) is 4.98. The van der Waals surface area contributed by atoms with Crippen LogP contribution in [-0.4, -0.2) is 60.2 Å². The van der Waals surface area contributed by atoms with Crippen LogP contribution in [0.2, 0.25) is 0 Å². The number of ether oxygens (including phenoxy) is 3. The number of aryl methyl sites for hydroxylation is 1. The average molecular weight is 585 g/mol. The van der Waals surface area contributed by atoms with Crippen LogP contribution in [0.1, 0.15) is 43.0 Å². The number of carbonyl (C=O) groups is 2. The zero-order valence-corrected chi connectivity index (χ0v) is 23.3. The summed E-state index contributed by atoms with van der Waals surface area (Å²) in [6.45, 7) is 2.64. The molecule has 5 rings (SSSR count). The van der Waals surface area contributed by atoms with Gasteiger partial charge in [0.2, 0.25) is 11.8 Å². The highest BCUT2D eigenvalue weighted by Gasteiger charge is 2.42. The van der Waals surface area contributed by atoms with Crippen LogP contribution in [0, 0.1) is 11.6 Å². The number of nitrogens with one attached hydrogen (secondary N) is 1. The number of benzene rings is 2. The van der Waals surface area contributed by atoms with E-state index in [2.05, 4.69) is 20.0 Å². The number of rotatable bonds is 11. The van der Waals surface area contributed by atoms with Crippen molar-refractivity contribution in [2.75, 3.05) is 32.7 Å². The van der Waals surface area contributed by atoms with E-state index in [1.54, 1.807) is 11.0 Å². The van der Waals surface area contributed by atoms with E-state index in [-0.39, 0.29) is 65.1 Å². The van der Waals surface area contributed by atoms with Crippen molar-refractivity contribution in [3.8, 4) is 5.75 Å². The van der Waals surface area contributed by atoms with Gasteiger partial charge in [0, 0.05) is 31.2 Å². The number of hydrogen-bond donors (Lipinski definition) is 1. The quantitative estimate of drug-likeness (QED) is 0.244. The van der Waals surface area contributed by atoms with Crippen LogP contribution in [0.4, 0.5) is 20.5 Å². The van der Waals surface area contributed by atoms with Crippen molar-refractivity contribution in [3.05, 3.63) is 65.4 Å². The van der Waals surface area contributed by atoms with Crippen LogP contribution in [0.25, 0.3) is 11.1 Å². The Balaban J connectivity index is 1.34. The molecule has 2 aromatic carbocycles. The van der Waals surface area contributed by atoms with Crippen LogP contribution in [0.5, 0.6) is 5.75 Å². The molecule has 1 aliphatic rings. The van der Waals surface area contributed by atoms with Gasteiger partial charge in [-0.25, -0.2) is 13.8 Å². The molecule has 222 valence electrons. The number of amides is 1. The minimum Gasteiger partial charge on any atom is -0.495 e. The summed E-state index contributed by atoms with van der Waals surface area (Å²) in [7, 11) is 2.74. The van der Waals surface area contributed by atoms with E-state index in [0.29, 0.717) is 37.5 Å². The van der Waals surface area contributed by atoms with Gasteiger partial charge in [-0.3, -0.25) is 9.59 Å². The molecule has 1 saturated heterocycles. The number of oxazole rings is 2. The fourth-order valence-electron chi connectivity index (χ4n) is 4.98. The summed E-state index contributed by atoms with van der Waals surface area (Å²) in [6.07, 6.45) is 1.88. The summed E-state index contributed by atoms with van der Waals surface area (Å²) >= 11 is 0. The van der Waals surface area contributed by atoms with Crippen molar-refractivity contribution in [2.45, 2.75) is 44.8 Å². The zero-order valence-electron chi connectivity index (χ0n) is 23.3. The molecule has 1 fully saturated rings. The van der Waals surface area contributed by atoms with Gasteiger partial charge in [-0.2, -0.15) is 4.98 Å². The molecule has 0 bridgehead atoms. The Kier molecular flexibility index (Phi) is 8.67. The molecule has 0 radical (unpaired) electrons. The number of likely N-dealkylation sites (tertiary alicyclic amines) is 1. The van der Waals surface area contributed by atoms with Gasteiger partial charge in [0.1, 0.15) is 28.9 Å². The maximum atomic E-state index is 15.6. The zero-order chi connectivity index (χ0) is 29.8. The third-order valence-corrected chi connectivity index (χ3v) is 6.99. The fraction of sp³-hybridized carbons (Fsp3) is 0.379. The van der Waals surface area contributed by atoms with E-state index >= 15 is 4.39 Å². The summed E-state index contributed by atoms with van der Waals surface area (Å²) in [5.74, 6) is -0.850. The molecular weight excluding hydrogens is 554 g/mol. The number of esters is 1. The van der Waals surface area contributed by atoms with Crippen molar-refractivity contribution in [1.82, 2.24) is 14.9 Å². The van der Waals surface area contributed by atoms with Crippen molar-refractivity contribution >= 4 is 34.7 Å². The van der Waals surface area contributed by atoms with E-state index in [4.69, 9.17) is 18.3 Å². The van der Waals surface area contributed by atoms with Gasteiger partial charge in [-0.15, -0.1) is 0 Å². The smallest absolute Gasteiger partial charge is 0.305 e. The Morgan fingerprint density at radius 1 is 1.17 bits per heavy atom. The summed E-state index contributed by atoms with van der Waals surface area (Å²) in [4.78, 5) is 35.2.